The molecule has 0 saturated carbocycles. The molecule has 0 atom stereocenters. The largest absolute Gasteiger partial charge is 0.435 e. The summed E-state index contributed by atoms with van der Waals surface area (Å²) in [5.74, 6) is 0.207. The molecule has 59 valence electrons. The van der Waals surface area contributed by atoms with Crippen molar-refractivity contribution in [3.8, 4) is 0 Å². The Morgan fingerprint density at radius 3 is 2.64 bits per heavy atom. The summed E-state index contributed by atoms with van der Waals surface area (Å²) >= 11 is 0. The molecule has 2 N–H and O–H groups in total. The van der Waals surface area contributed by atoms with E-state index in [1.165, 1.54) is 10.6 Å². The van der Waals surface area contributed by atoms with Crippen molar-refractivity contribution in [2.24, 2.45) is 7.05 Å². The molecule has 0 fully saturated rings. The van der Waals surface area contributed by atoms with E-state index in [4.69, 9.17) is 5.73 Å². The molecule has 11 heavy (non-hydrogen) atoms. The summed E-state index contributed by atoms with van der Waals surface area (Å²) in [6.45, 7) is 0. The van der Waals surface area contributed by atoms with Gasteiger partial charge in [0, 0.05) is 44.9 Å². The van der Waals surface area contributed by atoms with Crippen LogP contribution in [0.3, 0.4) is 0 Å². The van der Waals surface area contributed by atoms with Crippen LogP contribution in [-0.4, -0.2) is 9.55 Å². The van der Waals surface area contributed by atoms with Gasteiger partial charge in [-0.15, -0.1) is 0 Å². The monoisotopic (exact) mass is 228 g/mol. The van der Waals surface area contributed by atoms with Crippen LogP contribution in [0, 0.1) is 13.8 Å². The van der Waals surface area contributed by atoms with Gasteiger partial charge >= 0.3 is 0 Å². The van der Waals surface area contributed by atoms with Gasteiger partial charge in [0.25, 0.3) is 0 Å². The summed E-state index contributed by atoms with van der Waals surface area (Å²) in [6.07, 6.45) is 2.40. The van der Waals surface area contributed by atoms with Gasteiger partial charge in [-0.1, -0.05) is 6.07 Å². The van der Waals surface area contributed by atoms with Crippen molar-refractivity contribution < 1.29 is 32.7 Å². The van der Waals surface area contributed by atoms with Crippen molar-refractivity contribution in [2.75, 3.05) is 5.73 Å². The molecule has 4 nitrogen and oxygen atoms in total. The zero-order chi connectivity index (χ0) is 6.85. The van der Waals surface area contributed by atoms with E-state index in [0.29, 0.717) is 0 Å². The zero-order valence-electron chi connectivity index (χ0n) is 6.53. The zero-order valence-corrected chi connectivity index (χ0v) is 9.37. The van der Waals surface area contributed by atoms with Crippen LogP contribution < -0.4 is 11.3 Å². The molecule has 5 heteroatoms. The Labute approximate surface area is 90.7 Å². The van der Waals surface area contributed by atoms with Gasteiger partial charge in [0.2, 0.25) is 0 Å². The van der Waals surface area contributed by atoms with Gasteiger partial charge in [-0.2, -0.15) is 0 Å². The number of nitrogens with two attached hydrogens (primary N) is 1. The fourth-order valence-corrected chi connectivity index (χ4v) is 0.438. The second-order valence-electron chi connectivity index (χ2n) is 1.68. The molecule has 0 spiro atoms. The first kappa shape index (κ1) is 13.4. The van der Waals surface area contributed by atoms with Gasteiger partial charge in [-0.05, 0) is 7.05 Å². The van der Waals surface area contributed by atoms with Crippen LogP contribution in [0.4, 0.5) is 5.82 Å². The third kappa shape index (κ3) is 3.63. The Kier molecular flexibility index (Phi) is 6.61. The van der Waals surface area contributed by atoms with Gasteiger partial charge in [0.05, 0.1) is 0 Å². The number of hydrogen-bond donors (Lipinski definition) is 1. The van der Waals surface area contributed by atoms with E-state index in [0.717, 1.165) is 0 Å². The van der Waals surface area contributed by atoms with Crippen molar-refractivity contribution in [1.82, 2.24) is 9.55 Å². The number of rotatable bonds is 0. The van der Waals surface area contributed by atoms with Gasteiger partial charge < -0.3 is 27.5 Å². The Hall–Kier alpha value is -0.216. The molecule has 0 saturated heterocycles. The van der Waals surface area contributed by atoms with E-state index < -0.39 is 0 Å². The summed E-state index contributed by atoms with van der Waals surface area (Å²) in [4.78, 5) is 14.2. The van der Waals surface area contributed by atoms with Gasteiger partial charge in [-0.3, -0.25) is 0 Å². The molecule has 1 radical (unpaired) electrons. The van der Waals surface area contributed by atoms with Crippen LogP contribution in [0.2, 0.25) is 0 Å². The van der Waals surface area contributed by atoms with E-state index in [1.54, 1.807) is 7.05 Å². The van der Waals surface area contributed by atoms with E-state index in [2.05, 4.69) is 11.3 Å². The maximum atomic E-state index is 10.7. The molecule has 0 aliphatic rings. The molecular formula is C6H9N3OY-2. The maximum Gasteiger partial charge on any atom is 0.140 e. The van der Waals surface area contributed by atoms with E-state index >= 15 is 0 Å². The van der Waals surface area contributed by atoms with Gasteiger partial charge in [0.15, 0.2) is 0 Å². The number of anilines is 1. The van der Waals surface area contributed by atoms with Gasteiger partial charge in [0.1, 0.15) is 5.56 Å². The Bertz CT molecular complexity index is 271. The molecule has 0 aliphatic carbocycles. The summed E-state index contributed by atoms with van der Waals surface area (Å²) in [7, 11) is 1.56. The molecule has 0 bridgehead atoms. The summed E-state index contributed by atoms with van der Waals surface area (Å²) in [5.41, 5.74) is 4.98. The van der Waals surface area contributed by atoms with Crippen LogP contribution in [0.5, 0.6) is 0 Å². The van der Waals surface area contributed by atoms with Crippen LogP contribution >= 0.6 is 0 Å². The first-order valence-electron chi connectivity index (χ1n) is 2.41. The normalized spacial score (nSPS) is 7.73. The van der Waals surface area contributed by atoms with E-state index in [-0.39, 0.29) is 51.5 Å². The third-order valence-corrected chi connectivity index (χ3v) is 0.931. The van der Waals surface area contributed by atoms with Crippen LogP contribution in [0.25, 0.3) is 0 Å². The molecule has 1 aromatic rings. The molecule has 1 heterocycles. The second kappa shape index (κ2) is 5.44. The average molecular weight is 228 g/mol. The van der Waals surface area contributed by atoms with Crippen molar-refractivity contribution in [3.63, 3.8) is 0 Å². The number of aromatic nitrogens is 2. The minimum absolute atomic E-state index is 0. The van der Waals surface area contributed by atoms with Crippen LogP contribution in [0.15, 0.2) is 10.9 Å². The molecule has 1 rings (SSSR count). The summed E-state index contributed by atoms with van der Waals surface area (Å²) < 4.78 is 1.23. The first-order chi connectivity index (χ1) is 4.20. The molecule has 0 aliphatic heterocycles. The standard InChI is InChI=1S/C5H6N3O.CH3.Y/c1-8-3-7-4(6)2-5(8)9;;/h2H,6H2,1H3;1H3;/q2*-1;. The van der Waals surface area contributed by atoms with E-state index in [1.807, 2.05) is 0 Å². The summed E-state index contributed by atoms with van der Waals surface area (Å²) in [5, 5.41) is 0. The summed E-state index contributed by atoms with van der Waals surface area (Å²) in [6, 6.07) is 1.25. The van der Waals surface area contributed by atoms with Crippen molar-refractivity contribution >= 4 is 5.82 Å². The topological polar surface area (TPSA) is 60.9 Å². The van der Waals surface area contributed by atoms with Crippen LogP contribution in [-0.2, 0) is 39.8 Å². The Morgan fingerprint density at radius 1 is 1.73 bits per heavy atom. The minimum Gasteiger partial charge on any atom is -0.435 e. The molecule has 1 aromatic heterocycles. The number of aryl methyl sites for hydroxylation is 1. The Balaban J connectivity index is 0. The van der Waals surface area contributed by atoms with Crippen molar-refractivity contribution in [1.29, 1.82) is 0 Å². The quantitative estimate of drug-likeness (QED) is 0.615. The van der Waals surface area contributed by atoms with Crippen molar-refractivity contribution in [3.05, 3.63) is 30.2 Å². The predicted octanol–water partition coefficient (Wildman–Crippen LogP) is -0.390. The maximum absolute atomic E-state index is 10.7. The molecule has 0 aromatic carbocycles. The van der Waals surface area contributed by atoms with Crippen LogP contribution in [0.1, 0.15) is 0 Å². The molecule has 0 unspecified atom stereocenters. The second-order valence-corrected chi connectivity index (χ2v) is 1.68. The Morgan fingerprint density at radius 2 is 2.27 bits per heavy atom. The molecular weight excluding hydrogens is 219 g/mol. The van der Waals surface area contributed by atoms with Crippen molar-refractivity contribution in [2.45, 2.75) is 0 Å². The fraction of sp³-hybridized carbons (Fsp3) is 0.167. The number of nitrogen functional groups attached to an aromatic ring is 1. The molecule has 0 amide bonds. The van der Waals surface area contributed by atoms with Gasteiger partial charge in [-0.25, -0.2) is 0 Å². The smallest absolute Gasteiger partial charge is 0.140 e. The fourth-order valence-electron chi connectivity index (χ4n) is 0.438. The average Bonchev–Trinajstić information content (AvgIpc) is 1.80. The minimum atomic E-state index is -0.192. The first-order valence-corrected chi connectivity index (χ1v) is 2.41. The number of nitrogens with zero attached hydrogens (tertiary/aromatic N) is 2. The number of hydrogen-bond acceptors (Lipinski definition) is 3. The third-order valence-electron chi connectivity index (χ3n) is 0.931. The predicted molar refractivity (Wildman–Crippen MR) is 39.1 cm³/mol. The van der Waals surface area contributed by atoms with E-state index in [9.17, 15) is 4.79 Å². The SMILES string of the molecule is Cn1[c-]nc(N)cc1=O.[CH3-].[Y].